The molecule has 3 fully saturated rings. The number of carbonyl (C=O) groups is 2. The van der Waals surface area contributed by atoms with Gasteiger partial charge in [0, 0.05) is 12.3 Å². The van der Waals surface area contributed by atoms with Gasteiger partial charge in [0.2, 0.25) is 0 Å². The second-order valence-electron chi connectivity index (χ2n) is 8.83. The van der Waals surface area contributed by atoms with Gasteiger partial charge in [-0.2, -0.15) is 0 Å². The zero-order valence-corrected chi connectivity index (χ0v) is 13.9. The van der Waals surface area contributed by atoms with Crippen LogP contribution in [0.25, 0.3) is 0 Å². The molecule has 0 aromatic carbocycles. The summed E-state index contributed by atoms with van der Waals surface area (Å²) in [6.45, 7) is 4.81. The largest absolute Gasteiger partial charge is 0.303 e. The van der Waals surface area contributed by atoms with Crippen LogP contribution >= 0.6 is 0 Å². The molecule has 0 saturated heterocycles. The average Bonchev–Trinajstić information content (AvgIpc) is 2.84. The minimum atomic E-state index is 0.255. The molecule has 4 rings (SSSR count). The highest BCUT2D eigenvalue weighted by Gasteiger charge is 2.58. The van der Waals surface area contributed by atoms with Crippen molar-refractivity contribution in [2.45, 2.75) is 65.2 Å². The zero-order chi connectivity index (χ0) is 15.5. The molecule has 0 aromatic rings. The molecule has 6 atom stereocenters. The van der Waals surface area contributed by atoms with Crippen molar-refractivity contribution in [1.82, 2.24) is 0 Å². The van der Waals surface area contributed by atoms with Gasteiger partial charge in [0.05, 0.1) is 0 Å². The molecule has 6 unspecified atom stereocenters. The fourth-order valence-corrected chi connectivity index (χ4v) is 6.82. The summed E-state index contributed by atoms with van der Waals surface area (Å²) in [5, 5.41) is 0. The molecule has 0 N–H and O–H groups in total. The first-order chi connectivity index (χ1) is 10.5. The summed E-state index contributed by atoms with van der Waals surface area (Å²) < 4.78 is 0. The Kier molecular flexibility index (Phi) is 3.19. The van der Waals surface area contributed by atoms with Gasteiger partial charge in [0.15, 0.2) is 5.78 Å². The maximum atomic E-state index is 11.8. The Labute approximate surface area is 133 Å². The standard InChI is InChI=1S/C20H28O2/c1-19-9-7-15(22)11-13(19)3-5-16-17-6-4-14(12-21)20(17,2)10-8-18(16)19/h11-12,14,16-18H,3-10H2,1-2H3. The molecule has 2 heteroatoms. The van der Waals surface area contributed by atoms with E-state index in [1.54, 1.807) is 0 Å². The number of allylic oxidation sites excluding steroid dienone is 1. The van der Waals surface area contributed by atoms with E-state index in [1.165, 1.54) is 37.5 Å². The van der Waals surface area contributed by atoms with Gasteiger partial charge in [0.25, 0.3) is 0 Å². The number of hydrogen-bond donors (Lipinski definition) is 0. The monoisotopic (exact) mass is 300 g/mol. The van der Waals surface area contributed by atoms with Crippen LogP contribution in [0.3, 0.4) is 0 Å². The van der Waals surface area contributed by atoms with E-state index in [-0.39, 0.29) is 16.7 Å². The molecule has 0 amide bonds. The summed E-state index contributed by atoms with van der Waals surface area (Å²) in [6.07, 6.45) is 12.2. The van der Waals surface area contributed by atoms with E-state index in [4.69, 9.17) is 0 Å². The van der Waals surface area contributed by atoms with Crippen molar-refractivity contribution < 1.29 is 9.59 Å². The van der Waals surface area contributed by atoms with Crippen molar-refractivity contribution in [2.24, 2.45) is 34.5 Å². The Morgan fingerprint density at radius 3 is 2.64 bits per heavy atom. The van der Waals surface area contributed by atoms with Crippen LogP contribution < -0.4 is 0 Å². The van der Waals surface area contributed by atoms with Crippen molar-refractivity contribution in [3.05, 3.63) is 11.6 Å². The van der Waals surface area contributed by atoms with Gasteiger partial charge in [-0.15, -0.1) is 0 Å². The Hall–Kier alpha value is -0.920. The van der Waals surface area contributed by atoms with E-state index >= 15 is 0 Å². The number of carbonyl (C=O) groups excluding carboxylic acids is 2. The number of rotatable bonds is 1. The molecular formula is C20H28O2. The predicted octanol–water partition coefficient (Wildman–Crippen LogP) is 4.33. The third-order valence-electron chi connectivity index (χ3n) is 8.20. The highest BCUT2D eigenvalue weighted by molar-refractivity contribution is 5.91. The van der Waals surface area contributed by atoms with Crippen molar-refractivity contribution >= 4 is 12.1 Å². The van der Waals surface area contributed by atoms with Crippen LogP contribution in [-0.4, -0.2) is 12.1 Å². The van der Waals surface area contributed by atoms with Crippen LogP contribution in [0.4, 0.5) is 0 Å². The van der Waals surface area contributed by atoms with Crippen LogP contribution in [0.2, 0.25) is 0 Å². The SMILES string of the molecule is CC12CCC(=O)C=C1CCC1C2CCC2(C)C(C=O)CCC12. The first-order valence-corrected chi connectivity index (χ1v) is 9.18. The molecule has 0 bridgehead atoms. The average molecular weight is 300 g/mol. The number of aldehydes is 1. The Balaban J connectivity index is 1.68. The third kappa shape index (κ3) is 1.79. The lowest BCUT2D eigenvalue weighted by atomic mass is 9.47. The third-order valence-corrected chi connectivity index (χ3v) is 8.20. The van der Waals surface area contributed by atoms with Gasteiger partial charge < -0.3 is 4.79 Å². The van der Waals surface area contributed by atoms with Crippen LogP contribution in [0, 0.1) is 34.5 Å². The molecule has 0 aromatic heterocycles. The predicted molar refractivity (Wildman–Crippen MR) is 86.3 cm³/mol. The summed E-state index contributed by atoms with van der Waals surface area (Å²) in [4.78, 5) is 23.3. The molecule has 0 spiro atoms. The van der Waals surface area contributed by atoms with Gasteiger partial charge in [-0.05, 0) is 79.6 Å². The molecule has 3 saturated carbocycles. The van der Waals surface area contributed by atoms with Gasteiger partial charge >= 0.3 is 0 Å². The van der Waals surface area contributed by atoms with Gasteiger partial charge in [-0.3, -0.25) is 4.79 Å². The van der Waals surface area contributed by atoms with E-state index in [0.29, 0.717) is 5.78 Å². The van der Waals surface area contributed by atoms with Crippen molar-refractivity contribution in [1.29, 1.82) is 0 Å². The minimum absolute atomic E-state index is 0.255. The van der Waals surface area contributed by atoms with Crippen molar-refractivity contribution in [3.63, 3.8) is 0 Å². The lowest BCUT2D eigenvalue weighted by Gasteiger charge is -2.57. The van der Waals surface area contributed by atoms with Crippen LogP contribution in [0.15, 0.2) is 11.6 Å². The fraction of sp³-hybridized carbons (Fsp3) is 0.800. The molecule has 22 heavy (non-hydrogen) atoms. The Morgan fingerprint density at radius 1 is 1.05 bits per heavy atom. The molecule has 0 aliphatic heterocycles. The van der Waals surface area contributed by atoms with E-state index < -0.39 is 0 Å². The lowest BCUT2D eigenvalue weighted by Crippen LogP contribution is -2.50. The van der Waals surface area contributed by atoms with E-state index in [0.717, 1.165) is 43.4 Å². The number of ketones is 1. The molecule has 0 heterocycles. The Morgan fingerprint density at radius 2 is 1.86 bits per heavy atom. The van der Waals surface area contributed by atoms with Gasteiger partial charge in [-0.25, -0.2) is 0 Å². The summed E-state index contributed by atoms with van der Waals surface area (Å²) in [5.41, 5.74) is 1.96. The molecule has 4 aliphatic rings. The Bertz CT molecular complexity index is 548. The second-order valence-corrected chi connectivity index (χ2v) is 8.83. The first-order valence-electron chi connectivity index (χ1n) is 9.18. The van der Waals surface area contributed by atoms with Crippen molar-refractivity contribution in [2.75, 3.05) is 0 Å². The normalized spacial score (nSPS) is 50.6. The minimum Gasteiger partial charge on any atom is -0.303 e. The maximum absolute atomic E-state index is 11.8. The second kappa shape index (κ2) is 4.79. The van der Waals surface area contributed by atoms with Crippen LogP contribution in [-0.2, 0) is 9.59 Å². The highest BCUT2D eigenvalue weighted by atomic mass is 16.1. The summed E-state index contributed by atoms with van der Waals surface area (Å²) >= 11 is 0. The number of fused-ring (bicyclic) bond motifs is 5. The van der Waals surface area contributed by atoms with Crippen molar-refractivity contribution in [3.8, 4) is 0 Å². The summed E-state index contributed by atoms with van der Waals surface area (Å²) in [6, 6.07) is 0. The van der Waals surface area contributed by atoms with E-state index in [9.17, 15) is 9.59 Å². The molecule has 0 radical (unpaired) electrons. The zero-order valence-electron chi connectivity index (χ0n) is 13.9. The van der Waals surface area contributed by atoms with E-state index in [2.05, 4.69) is 13.8 Å². The molecule has 120 valence electrons. The first kappa shape index (κ1) is 14.7. The quantitative estimate of drug-likeness (QED) is 0.675. The van der Waals surface area contributed by atoms with Crippen LogP contribution in [0.1, 0.15) is 65.2 Å². The van der Waals surface area contributed by atoms with E-state index in [1.807, 2.05) is 6.08 Å². The smallest absolute Gasteiger partial charge is 0.155 e. The highest BCUT2D eigenvalue weighted by Crippen LogP contribution is 2.66. The van der Waals surface area contributed by atoms with Gasteiger partial charge in [0.1, 0.15) is 6.29 Å². The summed E-state index contributed by atoms with van der Waals surface area (Å²) in [7, 11) is 0. The number of hydrogen-bond acceptors (Lipinski definition) is 2. The lowest BCUT2D eigenvalue weighted by molar-refractivity contribution is -0.120. The van der Waals surface area contributed by atoms with Crippen LogP contribution in [0.5, 0.6) is 0 Å². The molecule has 2 nitrogen and oxygen atoms in total. The summed E-state index contributed by atoms with van der Waals surface area (Å²) in [5.74, 6) is 2.88. The molecule has 4 aliphatic carbocycles. The fourth-order valence-electron chi connectivity index (χ4n) is 6.82. The molecular weight excluding hydrogens is 272 g/mol. The van der Waals surface area contributed by atoms with Gasteiger partial charge in [-0.1, -0.05) is 19.4 Å². The topological polar surface area (TPSA) is 34.1 Å². The maximum Gasteiger partial charge on any atom is 0.155 e.